The largest absolute Gasteiger partial charge is 0.368 e. The van der Waals surface area contributed by atoms with Gasteiger partial charge in [0.1, 0.15) is 28.8 Å². The lowest BCUT2D eigenvalue weighted by Crippen LogP contribution is -2.12. The van der Waals surface area contributed by atoms with Crippen LogP contribution in [0.4, 0.5) is 17.3 Å². The zero-order valence-electron chi connectivity index (χ0n) is 13.2. The van der Waals surface area contributed by atoms with Crippen LogP contribution < -0.4 is 10.6 Å². The average molecular weight is 342 g/mol. The first-order chi connectivity index (χ1) is 11.6. The predicted molar refractivity (Wildman–Crippen MR) is 94.3 cm³/mol. The molecule has 0 aliphatic carbocycles. The maximum atomic E-state index is 5.97. The SMILES string of the molecule is CC(C)Nc1cc(Nc2cncnc2)nc(-c2cccc(Cl)n2)n1. The fraction of sp³-hybridized carbons (Fsp3) is 0.188. The zero-order chi connectivity index (χ0) is 16.9. The third-order valence-electron chi connectivity index (χ3n) is 2.94. The van der Waals surface area contributed by atoms with Crippen LogP contribution >= 0.6 is 11.6 Å². The van der Waals surface area contributed by atoms with Crippen molar-refractivity contribution in [2.75, 3.05) is 10.6 Å². The quantitative estimate of drug-likeness (QED) is 0.686. The monoisotopic (exact) mass is 341 g/mol. The highest BCUT2D eigenvalue weighted by atomic mass is 35.5. The molecule has 0 aliphatic rings. The van der Waals surface area contributed by atoms with Gasteiger partial charge in [-0.3, -0.25) is 0 Å². The fourth-order valence-corrected chi connectivity index (χ4v) is 2.20. The third kappa shape index (κ3) is 4.14. The fourth-order valence-electron chi connectivity index (χ4n) is 2.04. The molecule has 0 aliphatic heterocycles. The molecule has 3 aromatic rings. The van der Waals surface area contributed by atoms with Gasteiger partial charge in [0.15, 0.2) is 5.82 Å². The molecule has 3 aromatic heterocycles. The van der Waals surface area contributed by atoms with Crippen LogP contribution in [-0.2, 0) is 0 Å². The Labute approximate surface area is 144 Å². The Morgan fingerprint density at radius 3 is 2.46 bits per heavy atom. The smallest absolute Gasteiger partial charge is 0.182 e. The first-order valence-electron chi connectivity index (χ1n) is 7.41. The molecule has 0 aromatic carbocycles. The summed E-state index contributed by atoms with van der Waals surface area (Å²) < 4.78 is 0. The number of halogens is 1. The minimum atomic E-state index is 0.230. The summed E-state index contributed by atoms with van der Waals surface area (Å²) in [7, 11) is 0. The normalized spacial score (nSPS) is 10.7. The molecule has 0 saturated heterocycles. The van der Waals surface area contributed by atoms with Crippen LogP contribution in [0.15, 0.2) is 43.0 Å². The number of aromatic nitrogens is 5. The summed E-state index contributed by atoms with van der Waals surface area (Å²) in [4.78, 5) is 21.3. The van der Waals surface area contributed by atoms with Gasteiger partial charge in [-0.1, -0.05) is 17.7 Å². The van der Waals surface area contributed by atoms with E-state index in [1.54, 1.807) is 18.5 Å². The van der Waals surface area contributed by atoms with Crippen LogP contribution in [0.3, 0.4) is 0 Å². The van der Waals surface area contributed by atoms with Gasteiger partial charge in [0, 0.05) is 12.1 Å². The summed E-state index contributed by atoms with van der Waals surface area (Å²) in [6.07, 6.45) is 4.81. The summed E-state index contributed by atoms with van der Waals surface area (Å²) in [6.45, 7) is 4.08. The van der Waals surface area contributed by atoms with E-state index in [0.717, 1.165) is 5.69 Å². The topological polar surface area (TPSA) is 88.5 Å². The van der Waals surface area contributed by atoms with Gasteiger partial charge in [0.2, 0.25) is 0 Å². The van der Waals surface area contributed by atoms with Crippen LogP contribution in [0.5, 0.6) is 0 Å². The van der Waals surface area contributed by atoms with Crippen LogP contribution in [0, 0.1) is 0 Å². The van der Waals surface area contributed by atoms with E-state index < -0.39 is 0 Å². The van der Waals surface area contributed by atoms with E-state index in [-0.39, 0.29) is 6.04 Å². The number of anilines is 3. The van der Waals surface area contributed by atoms with E-state index in [1.165, 1.54) is 6.33 Å². The second-order valence-corrected chi connectivity index (χ2v) is 5.75. The maximum Gasteiger partial charge on any atom is 0.182 e. The van der Waals surface area contributed by atoms with E-state index in [1.807, 2.05) is 32.0 Å². The number of hydrogen-bond acceptors (Lipinski definition) is 7. The summed E-state index contributed by atoms with van der Waals surface area (Å²) >= 11 is 5.97. The Morgan fingerprint density at radius 2 is 1.75 bits per heavy atom. The van der Waals surface area contributed by atoms with Crippen molar-refractivity contribution in [3.63, 3.8) is 0 Å². The van der Waals surface area contributed by atoms with Gasteiger partial charge in [-0.05, 0) is 26.0 Å². The number of nitrogens with one attached hydrogen (secondary N) is 2. The van der Waals surface area contributed by atoms with Crippen molar-refractivity contribution >= 4 is 28.9 Å². The van der Waals surface area contributed by atoms with E-state index >= 15 is 0 Å². The lowest BCUT2D eigenvalue weighted by Gasteiger charge is -2.13. The molecule has 0 atom stereocenters. The van der Waals surface area contributed by atoms with Crippen LogP contribution in [0.2, 0.25) is 5.15 Å². The Hall–Kier alpha value is -2.80. The Morgan fingerprint density at radius 1 is 1.00 bits per heavy atom. The first kappa shape index (κ1) is 16.1. The lowest BCUT2D eigenvalue weighted by atomic mass is 10.3. The minimum Gasteiger partial charge on any atom is -0.368 e. The van der Waals surface area contributed by atoms with Gasteiger partial charge in [-0.2, -0.15) is 0 Å². The molecule has 0 saturated carbocycles. The lowest BCUT2D eigenvalue weighted by molar-refractivity contribution is 0.887. The van der Waals surface area contributed by atoms with E-state index in [9.17, 15) is 0 Å². The highest BCUT2D eigenvalue weighted by molar-refractivity contribution is 6.29. The molecule has 0 fully saturated rings. The second-order valence-electron chi connectivity index (χ2n) is 5.36. The van der Waals surface area contributed by atoms with Crippen molar-refractivity contribution < 1.29 is 0 Å². The average Bonchev–Trinajstić information content (AvgIpc) is 2.55. The minimum absolute atomic E-state index is 0.230. The van der Waals surface area contributed by atoms with Crippen molar-refractivity contribution in [3.8, 4) is 11.5 Å². The predicted octanol–water partition coefficient (Wildman–Crippen LogP) is 3.55. The van der Waals surface area contributed by atoms with E-state index in [2.05, 4.69) is 35.6 Å². The van der Waals surface area contributed by atoms with Gasteiger partial charge in [-0.15, -0.1) is 0 Å². The van der Waals surface area contributed by atoms with Crippen molar-refractivity contribution in [3.05, 3.63) is 48.1 Å². The Bertz CT molecular complexity index is 824. The molecular formula is C16H16ClN7. The van der Waals surface area contributed by atoms with Crippen molar-refractivity contribution in [2.45, 2.75) is 19.9 Å². The van der Waals surface area contributed by atoms with E-state index in [0.29, 0.717) is 28.3 Å². The highest BCUT2D eigenvalue weighted by Crippen LogP contribution is 2.22. The van der Waals surface area contributed by atoms with Gasteiger partial charge >= 0.3 is 0 Å². The molecule has 2 N–H and O–H groups in total. The zero-order valence-corrected chi connectivity index (χ0v) is 14.0. The molecule has 0 amide bonds. The van der Waals surface area contributed by atoms with Gasteiger partial charge < -0.3 is 10.6 Å². The molecule has 0 unspecified atom stereocenters. The first-order valence-corrected chi connectivity index (χ1v) is 7.78. The number of pyridine rings is 1. The number of hydrogen-bond donors (Lipinski definition) is 2. The molecule has 7 nitrogen and oxygen atoms in total. The van der Waals surface area contributed by atoms with Crippen molar-refractivity contribution in [2.24, 2.45) is 0 Å². The van der Waals surface area contributed by atoms with Gasteiger partial charge in [-0.25, -0.2) is 24.9 Å². The Kier molecular flexibility index (Phi) is 4.81. The summed E-state index contributed by atoms with van der Waals surface area (Å²) in [5.74, 6) is 1.78. The Balaban J connectivity index is 2.00. The molecule has 8 heteroatoms. The standard InChI is InChI=1S/C16H16ClN7/c1-10(2)20-14-6-15(21-11-7-18-9-19-8-11)24-16(23-14)12-4-3-5-13(17)22-12/h3-10H,1-2H3,(H2,20,21,23,24). The van der Waals surface area contributed by atoms with Crippen molar-refractivity contribution in [1.82, 2.24) is 24.9 Å². The molecule has 3 rings (SSSR count). The van der Waals surface area contributed by atoms with Gasteiger partial charge in [0.25, 0.3) is 0 Å². The summed E-state index contributed by atoms with van der Waals surface area (Å²) in [6, 6.07) is 7.39. The molecule has 122 valence electrons. The number of nitrogens with zero attached hydrogens (tertiary/aromatic N) is 5. The maximum absolute atomic E-state index is 5.97. The number of rotatable bonds is 5. The van der Waals surface area contributed by atoms with Crippen molar-refractivity contribution in [1.29, 1.82) is 0 Å². The second kappa shape index (κ2) is 7.18. The van der Waals surface area contributed by atoms with E-state index in [4.69, 9.17) is 11.6 Å². The summed E-state index contributed by atoms with van der Waals surface area (Å²) in [5, 5.41) is 6.83. The molecule has 0 bridgehead atoms. The molecular weight excluding hydrogens is 326 g/mol. The highest BCUT2D eigenvalue weighted by Gasteiger charge is 2.10. The molecule has 0 spiro atoms. The van der Waals surface area contributed by atoms with Crippen LogP contribution in [-0.4, -0.2) is 31.0 Å². The molecule has 24 heavy (non-hydrogen) atoms. The van der Waals surface area contributed by atoms with Gasteiger partial charge in [0.05, 0.1) is 18.1 Å². The summed E-state index contributed by atoms with van der Waals surface area (Å²) in [5.41, 5.74) is 1.33. The van der Waals surface area contributed by atoms with Crippen LogP contribution in [0.25, 0.3) is 11.5 Å². The molecule has 3 heterocycles. The molecule has 0 radical (unpaired) electrons. The van der Waals surface area contributed by atoms with Crippen LogP contribution in [0.1, 0.15) is 13.8 Å². The third-order valence-corrected chi connectivity index (χ3v) is 3.15.